The molecule has 0 atom stereocenters. The van der Waals surface area contributed by atoms with E-state index in [1.165, 1.54) is 11.8 Å². The minimum absolute atomic E-state index is 0.106. The van der Waals surface area contributed by atoms with Crippen LogP contribution in [0, 0.1) is 0 Å². The van der Waals surface area contributed by atoms with E-state index >= 15 is 0 Å². The number of benzene rings is 3. The second-order valence-corrected chi connectivity index (χ2v) is 8.07. The van der Waals surface area contributed by atoms with Crippen LogP contribution in [0.25, 0.3) is 17.1 Å². The van der Waals surface area contributed by atoms with Gasteiger partial charge in [-0.25, -0.2) is 0 Å². The van der Waals surface area contributed by atoms with Gasteiger partial charge in [0.1, 0.15) is 11.5 Å². The number of aromatic nitrogens is 3. The number of rotatable bonds is 9. The molecule has 33 heavy (non-hydrogen) atoms. The van der Waals surface area contributed by atoms with Crippen molar-refractivity contribution in [1.82, 2.24) is 20.1 Å². The van der Waals surface area contributed by atoms with Crippen molar-refractivity contribution < 1.29 is 14.3 Å². The first kappa shape index (κ1) is 22.4. The molecule has 0 radical (unpaired) electrons. The summed E-state index contributed by atoms with van der Waals surface area (Å²) in [5, 5.41) is 12.4. The van der Waals surface area contributed by atoms with Gasteiger partial charge < -0.3 is 14.8 Å². The van der Waals surface area contributed by atoms with Gasteiger partial charge in [0, 0.05) is 23.9 Å². The number of amides is 1. The van der Waals surface area contributed by atoms with Crippen molar-refractivity contribution in [2.45, 2.75) is 11.7 Å². The topological polar surface area (TPSA) is 78.3 Å². The summed E-state index contributed by atoms with van der Waals surface area (Å²) in [5.41, 5.74) is 2.79. The number of nitrogens with one attached hydrogen (secondary N) is 1. The van der Waals surface area contributed by atoms with Crippen LogP contribution in [-0.2, 0) is 11.3 Å². The Hall–Kier alpha value is -3.78. The molecule has 1 heterocycles. The van der Waals surface area contributed by atoms with Crippen LogP contribution < -0.4 is 14.8 Å². The zero-order valence-electron chi connectivity index (χ0n) is 18.4. The molecule has 4 rings (SSSR count). The minimum atomic E-state index is -0.106. The lowest BCUT2D eigenvalue weighted by molar-refractivity contribution is -0.118. The first-order valence-electron chi connectivity index (χ1n) is 10.4. The Labute approximate surface area is 196 Å². The van der Waals surface area contributed by atoms with E-state index < -0.39 is 0 Å². The van der Waals surface area contributed by atoms with Crippen LogP contribution in [-0.4, -0.2) is 40.6 Å². The number of carbonyl (C=O) groups excluding carboxylic acids is 1. The molecule has 3 aromatic carbocycles. The number of thioether (sulfide) groups is 1. The lowest BCUT2D eigenvalue weighted by Crippen LogP contribution is -2.24. The van der Waals surface area contributed by atoms with Gasteiger partial charge in [-0.15, -0.1) is 10.2 Å². The fourth-order valence-corrected chi connectivity index (χ4v) is 4.08. The molecule has 168 valence electrons. The Bertz CT molecular complexity index is 1190. The average Bonchev–Trinajstić information content (AvgIpc) is 3.31. The zero-order chi connectivity index (χ0) is 23.0. The van der Waals surface area contributed by atoms with Gasteiger partial charge in [-0.3, -0.25) is 9.36 Å². The molecule has 0 aliphatic heterocycles. The largest absolute Gasteiger partial charge is 0.497 e. The summed E-state index contributed by atoms with van der Waals surface area (Å²) < 4.78 is 12.5. The Balaban J connectivity index is 1.47. The van der Waals surface area contributed by atoms with Crippen molar-refractivity contribution >= 4 is 17.7 Å². The van der Waals surface area contributed by atoms with Gasteiger partial charge in [-0.2, -0.15) is 0 Å². The fourth-order valence-electron chi connectivity index (χ4n) is 3.30. The molecule has 0 bridgehead atoms. The molecule has 0 unspecified atom stereocenters. The number of hydrogen-bond donors (Lipinski definition) is 1. The number of nitrogens with zero attached hydrogens (tertiary/aromatic N) is 3. The van der Waals surface area contributed by atoms with Crippen molar-refractivity contribution in [3.05, 3.63) is 84.4 Å². The van der Waals surface area contributed by atoms with Crippen molar-refractivity contribution in [2.24, 2.45) is 0 Å². The highest BCUT2D eigenvalue weighted by Crippen LogP contribution is 2.28. The van der Waals surface area contributed by atoms with Crippen molar-refractivity contribution in [1.29, 1.82) is 0 Å². The van der Waals surface area contributed by atoms with Gasteiger partial charge in [0.15, 0.2) is 11.0 Å². The normalized spacial score (nSPS) is 10.6. The lowest BCUT2D eigenvalue weighted by atomic mass is 10.2. The van der Waals surface area contributed by atoms with E-state index in [1.807, 2.05) is 77.4 Å². The Morgan fingerprint density at radius 2 is 1.55 bits per heavy atom. The zero-order valence-corrected chi connectivity index (χ0v) is 19.2. The maximum absolute atomic E-state index is 12.6. The third-order valence-electron chi connectivity index (χ3n) is 4.91. The highest BCUT2D eigenvalue weighted by Gasteiger charge is 2.17. The van der Waals surface area contributed by atoms with Gasteiger partial charge in [0.05, 0.1) is 20.0 Å². The molecule has 1 N–H and O–H groups in total. The van der Waals surface area contributed by atoms with E-state index in [2.05, 4.69) is 15.5 Å². The average molecular weight is 461 g/mol. The quantitative estimate of drug-likeness (QED) is 0.374. The molecule has 0 fully saturated rings. The molecular formula is C25H24N4O3S. The maximum atomic E-state index is 12.6. The number of hydrogen-bond acceptors (Lipinski definition) is 6. The number of ether oxygens (including phenoxy) is 2. The standard InChI is InChI=1S/C25H24N4O3S/c1-31-21-13-18(14-22(15-21)32-2)16-26-23(30)17-33-25-28-27-24(19-9-5-3-6-10-19)29(25)20-11-7-4-8-12-20/h3-15H,16-17H2,1-2H3,(H,26,30). The summed E-state index contributed by atoms with van der Waals surface area (Å²) >= 11 is 1.34. The van der Waals surface area contributed by atoms with Gasteiger partial charge in [0.25, 0.3) is 0 Å². The van der Waals surface area contributed by atoms with Crippen LogP contribution in [0.5, 0.6) is 11.5 Å². The second-order valence-electron chi connectivity index (χ2n) is 7.13. The number of carbonyl (C=O) groups is 1. The van der Waals surface area contributed by atoms with Crippen molar-refractivity contribution in [3.63, 3.8) is 0 Å². The molecule has 4 aromatic rings. The maximum Gasteiger partial charge on any atom is 0.230 e. The van der Waals surface area contributed by atoms with Crippen LogP contribution in [0.1, 0.15) is 5.56 Å². The van der Waals surface area contributed by atoms with Gasteiger partial charge >= 0.3 is 0 Å². The molecule has 0 aliphatic carbocycles. The lowest BCUT2D eigenvalue weighted by Gasteiger charge is -2.11. The summed E-state index contributed by atoms with van der Waals surface area (Å²) in [6.45, 7) is 0.369. The first-order valence-corrected chi connectivity index (χ1v) is 11.3. The van der Waals surface area contributed by atoms with Crippen molar-refractivity contribution in [2.75, 3.05) is 20.0 Å². The SMILES string of the molecule is COc1cc(CNC(=O)CSc2nnc(-c3ccccc3)n2-c2ccccc2)cc(OC)c1. The minimum Gasteiger partial charge on any atom is -0.497 e. The van der Waals surface area contributed by atoms with E-state index in [1.54, 1.807) is 20.3 Å². The molecule has 0 aliphatic rings. The van der Waals surface area contributed by atoms with Gasteiger partial charge in [0.2, 0.25) is 5.91 Å². The molecule has 7 nitrogen and oxygen atoms in total. The predicted octanol–water partition coefficient (Wildman–Crippen LogP) is 4.36. The number of para-hydroxylation sites is 1. The van der Waals surface area contributed by atoms with E-state index in [4.69, 9.17) is 9.47 Å². The molecule has 0 saturated carbocycles. The fraction of sp³-hybridized carbons (Fsp3) is 0.160. The first-order chi connectivity index (χ1) is 16.2. The molecule has 1 amide bonds. The van der Waals surface area contributed by atoms with E-state index in [0.29, 0.717) is 23.2 Å². The second kappa shape index (κ2) is 10.7. The van der Waals surface area contributed by atoms with Gasteiger partial charge in [-0.05, 0) is 29.8 Å². The van der Waals surface area contributed by atoms with E-state index in [9.17, 15) is 4.79 Å². The molecule has 0 saturated heterocycles. The summed E-state index contributed by atoms with van der Waals surface area (Å²) in [7, 11) is 3.20. The van der Waals surface area contributed by atoms with Crippen LogP contribution in [0.2, 0.25) is 0 Å². The van der Waals surface area contributed by atoms with Crippen LogP contribution in [0.4, 0.5) is 0 Å². The molecule has 8 heteroatoms. The Morgan fingerprint density at radius 3 is 2.18 bits per heavy atom. The molecular weight excluding hydrogens is 436 g/mol. The van der Waals surface area contributed by atoms with Gasteiger partial charge in [-0.1, -0.05) is 60.3 Å². The Kier molecular flexibility index (Phi) is 7.26. The Morgan fingerprint density at radius 1 is 0.909 bits per heavy atom. The summed E-state index contributed by atoms with van der Waals surface area (Å²) in [6.07, 6.45) is 0. The van der Waals surface area contributed by atoms with E-state index in [-0.39, 0.29) is 11.7 Å². The predicted molar refractivity (Wildman–Crippen MR) is 129 cm³/mol. The number of methoxy groups -OCH3 is 2. The third kappa shape index (κ3) is 5.53. The molecule has 1 aromatic heterocycles. The van der Waals surface area contributed by atoms with E-state index in [0.717, 1.165) is 22.6 Å². The highest BCUT2D eigenvalue weighted by atomic mass is 32.2. The highest BCUT2D eigenvalue weighted by molar-refractivity contribution is 7.99. The van der Waals surface area contributed by atoms with Crippen LogP contribution >= 0.6 is 11.8 Å². The smallest absolute Gasteiger partial charge is 0.230 e. The summed E-state index contributed by atoms with van der Waals surface area (Å²) in [5.74, 6) is 2.19. The monoisotopic (exact) mass is 460 g/mol. The summed E-state index contributed by atoms with van der Waals surface area (Å²) in [6, 6.07) is 25.3. The third-order valence-corrected chi connectivity index (χ3v) is 5.84. The van der Waals surface area contributed by atoms with Crippen LogP contribution in [0.3, 0.4) is 0 Å². The van der Waals surface area contributed by atoms with Crippen LogP contribution in [0.15, 0.2) is 84.0 Å². The molecule has 0 spiro atoms. The van der Waals surface area contributed by atoms with Crippen molar-refractivity contribution in [3.8, 4) is 28.6 Å². The summed E-state index contributed by atoms with van der Waals surface area (Å²) in [4.78, 5) is 12.6.